The van der Waals surface area contributed by atoms with Crippen LogP contribution in [-0.2, 0) is 13.2 Å². The standard InChI is InChI=1S/C27H19ClFN3O2.C21H14ClFIN3O.C12H21BO3Si/c28-24-14-21(7-11-26(24)34-15-17-2-1-3-20(29)12-17)32-27-23-13-19(6-10-25(23)30-16-31-27)18-4-8-22(33)9-5-18;22-18-10-16(5-7-20(18)28-11-13-2-1-3-14(23)8-13)27-21-17-9-15(24)4-6-19(17)25-12-26-21;1-12(2,3)17(4,5)16-11-8-6-10(7-9-11)13(14)15/h1-14,16,33H,15H2,(H,30,31,32);1-10,12H,11H2,(H,25,26,27);6-9,14-15H,1-5H3. The van der Waals surface area contributed by atoms with E-state index in [0.29, 0.717) is 38.6 Å². The Kier molecular flexibility index (Phi) is 19.1. The van der Waals surface area contributed by atoms with Crippen LogP contribution in [-0.4, -0.2) is 50.5 Å². The first-order chi connectivity index (χ1) is 37.8. The number of benzene rings is 8. The lowest BCUT2D eigenvalue weighted by Gasteiger charge is -2.36. The number of halogens is 5. The molecule has 79 heavy (non-hydrogen) atoms. The van der Waals surface area contributed by atoms with Crippen LogP contribution in [0.5, 0.6) is 23.0 Å². The van der Waals surface area contributed by atoms with Crippen LogP contribution >= 0.6 is 45.8 Å². The van der Waals surface area contributed by atoms with Crippen molar-refractivity contribution in [3.8, 4) is 34.1 Å². The monoisotopic (exact) mass is 1230 g/mol. The van der Waals surface area contributed by atoms with Crippen molar-refractivity contribution >= 4 is 112 Å². The van der Waals surface area contributed by atoms with Crippen molar-refractivity contribution in [2.24, 2.45) is 0 Å². The van der Waals surface area contributed by atoms with Gasteiger partial charge in [0.05, 0.1) is 21.1 Å². The highest BCUT2D eigenvalue weighted by Crippen LogP contribution is 2.38. The van der Waals surface area contributed by atoms with E-state index in [1.807, 2.05) is 60.7 Å². The molecule has 2 aromatic heterocycles. The van der Waals surface area contributed by atoms with Crippen molar-refractivity contribution in [3.05, 3.63) is 219 Å². The highest BCUT2D eigenvalue weighted by atomic mass is 127. The van der Waals surface area contributed by atoms with Gasteiger partial charge in [0.1, 0.15) is 72.1 Å². The van der Waals surface area contributed by atoms with Crippen molar-refractivity contribution < 1.29 is 37.8 Å². The van der Waals surface area contributed by atoms with Gasteiger partial charge in [0, 0.05) is 25.7 Å². The zero-order valence-corrected chi connectivity index (χ0v) is 48.2. The minimum absolute atomic E-state index is 0.155. The Hall–Kier alpha value is -7.39. The predicted molar refractivity (Wildman–Crippen MR) is 324 cm³/mol. The van der Waals surface area contributed by atoms with Gasteiger partial charge in [0.25, 0.3) is 0 Å². The molecule has 0 aliphatic heterocycles. The van der Waals surface area contributed by atoms with Crippen LogP contribution in [0.15, 0.2) is 183 Å². The fourth-order valence-corrected chi connectivity index (χ4v) is 9.51. The summed E-state index contributed by atoms with van der Waals surface area (Å²) in [6.45, 7) is 11.4. The Morgan fingerprint density at radius 1 is 0.582 bits per heavy atom. The van der Waals surface area contributed by atoms with Crippen molar-refractivity contribution in [2.75, 3.05) is 10.6 Å². The quantitative estimate of drug-likeness (QED) is 0.0518. The number of nitrogens with zero attached hydrogens (tertiary/aromatic N) is 4. The van der Waals surface area contributed by atoms with Crippen molar-refractivity contribution in [3.63, 3.8) is 0 Å². The summed E-state index contributed by atoms with van der Waals surface area (Å²) in [4.78, 5) is 17.4. The summed E-state index contributed by atoms with van der Waals surface area (Å²) in [6, 6.07) is 49.1. The van der Waals surface area contributed by atoms with Crippen LogP contribution in [0.2, 0.25) is 28.2 Å². The van der Waals surface area contributed by atoms with Gasteiger partial charge in [-0.25, -0.2) is 28.7 Å². The average molecular weight is 1230 g/mol. The van der Waals surface area contributed by atoms with E-state index < -0.39 is 15.4 Å². The molecule has 12 nitrogen and oxygen atoms in total. The number of aromatic hydroxyl groups is 1. The van der Waals surface area contributed by atoms with Crippen molar-refractivity contribution in [2.45, 2.75) is 52.1 Å². The third-order valence-corrected chi connectivity index (χ3v) is 18.4. The normalized spacial score (nSPS) is 11.2. The molecule has 0 saturated heterocycles. The van der Waals surface area contributed by atoms with Crippen LogP contribution in [0.4, 0.5) is 31.8 Å². The number of aromatic nitrogens is 4. The number of anilines is 4. The van der Waals surface area contributed by atoms with Gasteiger partial charge < -0.3 is 39.7 Å². The zero-order valence-electron chi connectivity index (χ0n) is 43.6. The Labute approximate surface area is 481 Å². The second kappa shape index (κ2) is 26.0. The van der Waals surface area contributed by atoms with E-state index in [2.05, 4.69) is 87.0 Å². The molecule has 8 aromatic carbocycles. The molecule has 0 spiro atoms. The summed E-state index contributed by atoms with van der Waals surface area (Å²) >= 11 is 15.1. The zero-order chi connectivity index (χ0) is 56.3. The maximum atomic E-state index is 13.4. The minimum atomic E-state index is -1.82. The summed E-state index contributed by atoms with van der Waals surface area (Å²) in [5, 5.41) is 36.9. The largest absolute Gasteiger partial charge is 0.544 e. The maximum Gasteiger partial charge on any atom is 0.488 e. The molecule has 2 heterocycles. The average Bonchev–Trinajstić information content (AvgIpc) is 3.43. The van der Waals surface area contributed by atoms with Gasteiger partial charge in [0.15, 0.2) is 0 Å². The lowest BCUT2D eigenvalue weighted by atomic mass is 9.80. The molecule has 402 valence electrons. The van der Waals surface area contributed by atoms with E-state index in [-0.39, 0.29) is 35.6 Å². The van der Waals surface area contributed by atoms with Crippen LogP contribution in [0.1, 0.15) is 31.9 Å². The molecule has 0 atom stereocenters. The fraction of sp³-hybridized carbons (Fsp3) is 0.133. The molecular weight excluding hydrogens is 1180 g/mol. The van der Waals surface area contributed by atoms with Crippen LogP contribution in [0, 0.1) is 15.2 Å². The maximum absolute atomic E-state index is 13.4. The number of fused-ring (bicyclic) bond motifs is 2. The molecule has 10 aromatic rings. The second-order valence-electron chi connectivity index (χ2n) is 19.6. The predicted octanol–water partition coefficient (Wildman–Crippen LogP) is 15.2. The van der Waals surface area contributed by atoms with Crippen molar-refractivity contribution in [1.82, 2.24) is 19.9 Å². The van der Waals surface area contributed by atoms with Crippen molar-refractivity contribution in [1.29, 1.82) is 0 Å². The highest BCUT2D eigenvalue weighted by molar-refractivity contribution is 14.1. The first kappa shape index (κ1) is 57.8. The summed E-state index contributed by atoms with van der Waals surface area (Å²) in [5.41, 5.74) is 7.05. The third kappa shape index (κ3) is 15.9. The van der Waals surface area contributed by atoms with E-state index in [0.717, 1.165) is 64.8 Å². The third-order valence-electron chi connectivity index (χ3n) is 12.7. The SMILES string of the molecule is CC(C)(C)[Si](C)(C)Oc1ccc(B(O)O)cc1.Fc1cccc(COc2ccc(Nc3ncnc4ccc(I)cc34)cc2Cl)c1.Oc1ccc(-c2ccc3ncnc(Nc4ccc(OCc5cccc(F)c5)c(Cl)c4)c3c2)cc1. The molecule has 0 aliphatic carbocycles. The number of phenolic OH excluding ortho intramolecular Hbond substituents is 1. The molecule has 0 saturated carbocycles. The Bertz CT molecular complexity index is 3720. The number of nitrogens with one attached hydrogen (secondary N) is 2. The van der Waals surface area contributed by atoms with E-state index in [1.54, 1.807) is 84.9 Å². The molecule has 10 rings (SSSR count). The molecule has 0 bridgehead atoms. The lowest BCUT2D eigenvalue weighted by molar-refractivity contribution is 0.306. The second-order valence-corrected chi connectivity index (χ2v) is 26.4. The smallest absolute Gasteiger partial charge is 0.488 e. The van der Waals surface area contributed by atoms with E-state index >= 15 is 0 Å². The van der Waals surface area contributed by atoms with Gasteiger partial charge in [-0.05, 0) is 184 Å². The molecule has 0 fully saturated rings. The summed E-state index contributed by atoms with van der Waals surface area (Å²) in [6.07, 6.45) is 3.03. The summed E-state index contributed by atoms with van der Waals surface area (Å²) in [5.74, 6) is 2.77. The summed E-state index contributed by atoms with van der Waals surface area (Å²) in [7, 11) is -3.23. The van der Waals surface area contributed by atoms with Gasteiger partial charge in [-0.15, -0.1) is 0 Å². The fourth-order valence-electron chi connectivity index (χ4n) is 7.51. The van der Waals surface area contributed by atoms with Gasteiger partial charge in [0.2, 0.25) is 8.32 Å². The van der Waals surface area contributed by atoms with Gasteiger partial charge in [-0.1, -0.05) is 98.6 Å². The number of rotatable bonds is 14. The highest BCUT2D eigenvalue weighted by Gasteiger charge is 2.39. The Morgan fingerprint density at radius 2 is 1.08 bits per heavy atom. The number of phenols is 1. The van der Waals surface area contributed by atoms with E-state index in [1.165, 1.54) is 36.9 Å². The topological polar surface area (TPSA) is 164 Å². The molecule has 0 aliphatic rings. The molecule has 0 radical (unpaired) electrons. The van der Waals surface area contributed by atoms with Crippen LogP contribution < -0.4 is 30.0 Å². The molecule has 0 amide bonds. The molecule has 5 N–H and O–H groups in total. The molecular formula is C60H54BCl2F2IN6O6Si. The first-order valence-electron chi connectivity index (χ1n) is 24.7. The Balaban J connectivity index is 0.000000165. The first-order valence-corrected chi connectivity index (χ1v) is 29.5. The Morgan fingerprint density at radius 3 is 1.56 bits per heavy atom. The van der Waals surface area contributed by atoms with Crippen LogP contribution in [0.25, 0.3) is 32.9 Å². The number of hydrogen-bond donors (Lipinski definition) is 5. The van der Waals surface area contributed by atoms with E-state index in [9.17, 15) is 13.9 Å². The van der Waals surface area contributed by atoms with Gasteiger partial charge in [-0.3, -0.25) is 0 Å². The number of hydrogen-bond acceptors (Lipinski definition) is 12. The summed E-state index contributed by atoms with van der Waals surface area (Å²) < 4.78 is 45.3. The van der Waals surface area contributed by atoms with Crippen LogP contribution in [0.3, 0.4) is 0 Å². The lowest BCUT2D eigenvalue weighted by Crippen LogP contribution is -2.44. The van der Waals surface area contributed by atoms with Gasteiger partial charge >= 0.3 is 7.12 Å². The molecule has 19 heteroatoms. The number of ether oxygens (including phenoxy) is 2. The molecule has 0 unspecified atom stereocenters. The van der Waals surface area contributed by atoms with Gasteiger partial charge in [-0.2, -0.15) is 0 Å². The minimum Gasteiger partial charge on any atom is -0.544 e. The van der Waals surface area contributed by atoms with E-state index in [4.69, 9.17) is 47.1 Å².